The smallest absolute Gasteiger partial charge is 0.251 e. The molecule has 0 bridgehead atoms. The molecule has 1 aliphatic heterocycles. The van der Waals surface area contributed by atoms with Crippen LogP contribution in [0, 0.1) is 5.92 Å². The van der Waals surface area contributed by atoms with Gasteiger partial charge in [0.2, 0.25) is 0 Å². The molecule has 0 aliphatic carbocycles. The second-order valence-corrected chi connectivity index (χ2v) is 5.43. The van der Waals surface area contributed by atoms with Crippen LogP contribution in [-0.2, 0) is 0 Å². The van der Waals surface area contributed by atoms with Crippen LogP contribution in [0.1, 0.15) is 37.0 Å². The van der Waals surface area contributed by atoms with Gasteiger partial charge in [-0.05, 0) is 63.9 Å². The third kappa shape index (κ3) is 5.92. The number of halogens is 1. The number of amides is 1. The second-order valence-electron chi connectivity index (χ2n) is 5.43. The molecule has 5 nitrogen and oxygen atoms in total. The lowest BCUT2D eigenvalue weighted by molar-refractivity contribution is 0.0951. The van der Waals surface area contributed by atoms with E-state index >= 15 is 0 Å². The minimum atomic E-state index is -0.0602. The predicted molar refractivity (Wildman–Crippen MR) is 94.0 cm³/mol. The van der Waals surface area contributed by atoms with E-state index in [1.165, 1.54) is 6.42 Å². The quantitative estimate of drug-likeness (QED) is 0.762. The number of hydrogen-bond acceptors (Lipinski definition) is 4. The van der Waals surface area contributed by atoms with E-state index in [0.29, 0.717) is 42.7 Å². The van der Waals surface area contributed by atoms with Crippen molar-refractivity contribution in [1.82, 2.24) is 10.6 Å². The Bertz CT molecular complexity index is 491. The average molecular weight is 343 g/mol. The van der Waals surface area contributed by atoms with Gasteiger partial charge in [0.05, 0.1) is 13.2 Å². The lowest BCUT2D eigenvalue weighted by Crippen LogP contribution is -2.26. The molecule has 0 spiro atoms. The van der Waals surface area contributed by atoms with Gasteiger partial charge in [0.1, 0.15) is 0 Å². The lowest BCUT2D eigenvalue weighted by Gasteiger charge is -2.13. The Morgan fingerprint density at radius 2 is 2.00 bits per heavy atom. The van der Waals surface area contributed by atoms with Crippen LogP contribution >= 0.6 is 12.4 Å². The molecular formula is C17H27ClN2O3. The number of ether oxygens (including phenoxy) is 2. The molecule has 2 rings (SSSR count). The largest absolute Gasteiger partial charge is 0.490 e. The first-order valence-electron chi connectivity index (χ1n) is 8.13. The van der Waals surface area contributed by atoms with Gasteiger partial charge in [-0.15, -0.1) is 12.4 Å². The molecule has 1 heterocycles. The highest BCUT2D eigenvalue weighted by Gasteiger charge is 2.15. The average Bonchev–Trinajstić information content (AvgIpc) is 3.02. The Morgan fingerprint density at radius 3 is 2.65 bits per heavy atom. The van der Waals surface area contributed by atoms with Crippen molar-refractivity contribution in [2.75, 3.05) is 32.8 Å². The normalized spacial score (nSPS) is 16.5. The molecule has 1 amide bonds. The van der Waals surface area contributed by atoms with Crippen LogP contribution < -0.4 is 20.1 Å². The molecule has 1 saturated heterocycles. The van der Waals surface area contributed by atoms with Crippen LogP contribution in [0.4, 0.5) is 0 Å². The van der Waals surface area contributed by atoms with Crippen molar-refractivity contribution in [2.24, 2.45) is 5.92 Å². The first kappa shape index (κ1) is 19.6. The molecule has 1 aromatic rings. The van der Waals surface area contributed by atoms with Gasteiger partial charge in [-0.1, -0.05) is 0 Å². The molecule has 0 radical (unpaired) electrons. The van der Waals surface area contributed by atoms with Crippen molar-refractivity contribution < 1.29 is 14.3 Å². The number of rotatable bonds is 8. The highest BCUT2D eigenvalue weighted by molar-refractivity contribution is 5.94. The van der Waals surface area contributed by atoms with E-state index in [-0.39, 0.29) is 18.3 Å². The summed E-state index contributed by atoms with van der Waals surface area (Å²) in [6.07, 6.45) is 2.22. The summed E-state index contributed by atoms with van der Waals surface area (Å²) in [7, 11) is 0. The Kier molecular flexibility index (Phi) is 8.81. The van der Waals surface area contributed by atoms with E-state index < -0.39 is 0 Å². The van der Waals surface area contributed by atoms with Gasteiger partial charge in [-0.25, -0.2) is 0 Å². The molecule has 1 aliphatic rings. The summed E-state index contributed by atoms with van der Waals surface area (Å²) in [6.45, 7) is 7.82. The molecule has 0 saturated carbocycles. The number of carbonyl (C=O) groups excluding carboxylic acids is 1. The van der Waals surface area contributed by atoms with E-state index in [4.69, 9.17) is 9.47 Å². The topological polar surface area (TPSA) is 59.6 Å². The third-order valence-electron chi connectivity index (χ3n) is 3.81. The zero-order valence-electron chi connectivity index (χ0n) is 13.9. The Balaban J connectivity index is 0.00000264. The van der Waals surface area contributed by atoms with Crippen molar-refractivity contribution >= 4 is 18.3 Å². The van der Waals surface area contributed by atoms with E-state index in [0.717, 1.165) is 19.5 Å². The molecule has 0 aromatic heterocycles. The molecule has 130 valence electrons. The number of hydrogen-bond donors (Lipinski definition) is 2. The van der Waals surface area contributed by atoms with Crippen molar-refractivity contribution in [3.63, 3.8) is 0 Å². The van der Waals surface area contributed by atoms with Gasteiger partial charge in [-0.3, -0.25) is 4.79 Å². The van der Waals surface area contributed by atoms with E-state index in [1.807, 2.05) is 13.8 Å². The Morgan fingerprint density at radius 1 is 1.26 bits per heavy atom. The maximum atomic E-state index is 12.2. The van der Waals surface area contributed by atoms with Crippen LogP contribution in [0.25, 0.3) is 0 Å². The maximum absolute atomic E-state index is 12.2. The summed E-state index contributed by atoms with van der Waals surface area (Å²) in [5.41, 5.74) is 0.608. The van der Waals surface area contributed by atoms with Gasteiger partial charge in [0, 0.05) is 12.1 Å². The molecule has 1 atom stereocenters. The van der Waals surface area contributed by atoms with Crippen LogP contribution in [0.3, 0.4) is 0 Å². The SMILES string of the molecule is CCOc1ccc(C(=O)NCCC2CCNC2)cc1OCC.Cl. The predicted octanol–water partition coefficient (Wildman–Crippen LogP) is 2.64. The minimum Gasteiger partial charge on any atom is -0.490 e. The summed E-state index contributed by atoms with van der Waals surface area (Å²) < 4.78 is 11.1. The molecule has 23 heavy (non-hydrogen) atoms. The summed E-state index contributed by atoms with van der Waals surface area (Å²) in [5.74, 6) is 1.92. The standard InChI is InChI=1S/C17H26N2O3.ClH/c1-3-21-15-6-5-14(11-16(15)22-4-2)17(20)19-10-8-13-7-9-18-12-13;/h5-6,11,13,18H,3-4,7-10,12H2,1-2H3,(H,19,20);1H. The van der Waals surface area contributed by atoms with Crippen LogP contribution in [0.2, 0.25) is 0 Å². The third-order valence-corrected chi connectivity index (χ3v) is 3.81. The van der Waals surface area contributed by atoms with Gasteiger partial charge >= 0.3 is 0 Å². The van der Waals surface area contributed by atoms with Crippen LogP contribution in [-0.4, -0.2) is 38.8 Å². The first-order valence-corrected chi connectivity index (χ1v) is 8.13. The summed E-state index contributed by atoms with van der Waals surface area (Å²) in [4.78, 5) is 12.2. The summed E-state index contributed by atoms with van der Waals surface area (Å²) in [6, 6.07) is 5.32. The van der Waals surface area contributed by atoms with E-state index in [9.17, 15) is 4.79 Å². The van der Waals surface area contributed by atoms with Crippen LogP contribution in [0.15, 0.2) is 18.2 Å². The fourth-order valence-corrected chi connectivity index (χ4v) is 2.65. The van der Waals surface area contributed by atoms with E-state index in [2.05, 4.69) is 10.6 Å². The first-order chi connectivity index (χ1) is 10.7. The van der Waals surface area contributed by atoms with Crippen molar-refractivity contribution in [2.45, 2.75) is 26.7 Å². The van der Waals surface area contributed by atoms with Gasteiger partial charge in [0.15, 0.2) is 11.5 Å². The molecule has 1 fully saturated rings. The highest BCUT2D eigenvalue weighted by Crippen LogP contribution is 2.28. The Labute approximate surface area is 144 Å². The van der Waals surface area contributed by atoms with E-state index in [1.54, 1.807) is 18.2 Å². The molecule has 2 N–H and O–H groups in total. The van der Waals surface area contributed by atoms with Crippen molar-refractivity contribution in [1.29, 1.82) is 0 Å². The summed E-state index contributed by atoms with van der Waals surface area (Å²) >= 11 is 0. The van der Waals surface area contributed by atoms with Crippen molar-refractivity contribution in [3.8, 4) is 11.5 Å². The fraction of sp³-hybridized carbons (Fsp3) is 0.588. The molecule has 1 aromatic carbocycles. The monoisotopic (exact) mass is 342 g/mol. The molecule has 6 heteroatoms. The molecular weight excluding hydrogens is 316 g/mol. The summed E-state index contributed by atoms with van der Waals surface area (Å²) in [5, 5.41) is 6.32. The minimum absolute atomic E-state index is 0. The van der Waals surface area contributed by atoms with Crippen LogP contribution in [0.5, 0.6) is 11.5 Å². The highest BCUT2D eigenvalue weighted by atomic mass is 35.5. The molecule has 1 unspecified atom stereocenters. The fourth-order valence-electron chi connectivity index (χ4n) is 2.65. The van der Waals surface area contributed by atoms with Crippen molar-refractivity contribution in [3.05, 3.63) is 23.8 Å². The van der Waals surface area contributed by atoms with Gasteiger partial charge in [-0.2, -0.15) is 0 Å². The zero-order valence-corrected chi connectivity index (χ0v) is 14.7. The number of nitrogens with one attached hydrogen (secondary N) is 2. The lowest BCUT2D eigenvalue weighted by atomic mass is 10.1. The number of benzene rings is 1. The second kappa shape index (κ2) is 10.3. The number of carbonyl (C=O) groups is 1. The maximum Gasteiger partial charge on any atom is 0.251 e. The van der Waals surface area contributed by atoms with Gasteiger partial charge in [0.25, 0.3) is 5.91 Å². The zero-order chi connectivity index (χ0) is 15.8. The van der Waals surface area contributed by atoms with Gasteiger partial charge < -0.3 is 20.1 Å². The Hall–Kier alpha value is -1.46.